The molecule has 1 rings (SSSR count). The number of unbranched alkanes of at least 4 members (excludes halogenated alkanes) is 3. The van der Waals surface area contributed by atoms with Crippen LogP contribution in [0.5, 0.6) is 0 Å². The zero-order valence-electron chi connectivity index (χ0n) is 18.6. The van der Waals surface area contributed by atoms with E-state index in [-0.39, 0.29) is 6.10 Å². The molecule has 0 aromatic carbocycles. The molecule has 28 heavy (non-hydrogen) atoms. The minimum atomic E-state index is -2.36. The van der Waals surface area contributed by atoms with Crippen molar-refractivity contribution in [3.63, 3.8) is 0 Å². The molecule has 0 radical (unpaired) electrons. The van der Waals surface area contributed by atoms with E-state index in [2.05, 4.69) is 63.5 Å². The van der Waals surface area contributed by atoms with Crippen LogP contribution in [0.15, 0.2) is 11.0 Å². The molecule has 0 fully saturated rings. The summed E-state index contributed by atoms with van der Waals surface area (Å²) >= 11 is -0.674. The molecule has 0 saturated heterocycles. The first-order chi connectivity index (χ1) is 13.5. The van der Waals surface area contributed by atoms with E-state index >= 15 is 0 Å². The summed E-state index contributed by atoms with van der Waals surface area (Å²) in [5.41, 5.74) is 2.23. The van der Waals surface area contributed by atoms with Gasteiger partial charge in [-0.25, -0.2) is 0 Å². The molecular weight excluding hydrogens is 488 g/mol. The molecule has 2 unspecified atom stereocenters. The van der Waals surface area contributed by atoms with Gasteiger partial charge in [-0.15, -0.1) is 0 Å². The summed E-state index contributed by atoms with van der Waals surface area (Å²) in [5, 5.41) is 3.20. The van der Waals surface area contributed by atoms with Crippen LogP contribution in [-0.4, -0.2) is 29.5 Å². The topological polar surface area (TPSA) is 22.1 Å². The molecule has 0 aliphatic carbocycles. The first-order valence-electron chi connectivity index (χ1n) is 11.0. The summed E-state index contributed by atoms with van der Waals surface area (Å²) in [6.07, 6.45) is 10.9. The molecule has 1 aromatic heterocycles. The molecule has 0 spiro atoms. The zero-order chi connectivity index (χ0) is 20.8. The van der Waals surface area contributed by atoms with Crippen LogP contribution in [-0.2, 0) is 4.52 Å². The molecule has 0 aliphatic heterocycles. The molecule has 1 heterocycles. The van der Waals surface area contributed by atoms with Crippen LogP contribution < -0.4 is 0 Å². The van der Waals surface area contributed by atoms with Gasteiger partial charge in [0, 0.05) is 0 Å². The predicted molar refractivity (Wildman–Crippen MR) is 132 cm³/mol. The van der Waals surface area contributed by atoms with Crippen LogP contribution in [0, 0.1) is 16.8 Å². The summed E-state index contributed by atoms with van der Waals surface area (Å²) in [5.74, 6) is 3.62. The third-order valence-corrected chi connectivity index (χ3v) is 19.7. The Kier molecular flexibility index (Phi) is 14.0. The Labute approximate surface area is 184 Å². The summed E-state index contributed by atoms with van der Waals surface area (Å²) in [4.78, 5) is 4.54. The Morgan fingerprint density at radius 2 is 1.75 bits per heavy atom. The standard InChI is InChI=1S/C11H13NOPS.3C4H9.Sn/c1-4-5-11(13-14)8(2)6-10-7-15-9(3)12-10;3*1-3-4-2;/h6-7,11H,5,14H2,2-3H3;3*1,3-4H2,2H3;/b8-6+;;;;. The van der Waals surface area contributed by atoms with Gasteiger partial charge in [-0.1, -0.05) is 0 Å². The van der Waals surface area contributed by atoms with E-state index in [0.717, 1.165) is 17.1 Å². The van der Waals surface area contributed by atoms with Crippen molar-refractivity contribution >= 4 is 45.3 Å². The van der Waals surface area contributed by atoms with Crippen molar-refractivity contribution in [3.8, 4) is 9.86 Å². The van der Waals surface area contributed by atoms with Gasteiger partial charge in [0.1, 0.15) is 0 Å². The van der Waals surface area contributed by atoms with Crippen molar-refractivity contribution < 1.29 is 4.52 Å². The number of aryl methyl sites for hydroxylation is 1. The third-order valence-electron chi connectivity index (χ3n) is 5.35. The van der Waals surface area contributed by atoms with Crippen LogP contribution >= 0.6 is 20.8 Å². The molecule has 0 amide bonds. The van der Waals surface area contributed by atoms with Gasteiger partial charge in [0.05, 0.1) is 0 Å². The van der Waals surface area contributed by atoms with Gasteiger partial charge in [0.25, 0.3) is 0 Å². The van der Waals surface area contributed by atoms with Gasteiger partial charge in [-0.05, 0) is 0 Å². The van der Waals surface area contributed by atoms with Crippen molar-refractivity contribution in [2.75, 3.05) is 0 Å². The Bertz CT molecular complexity index is 625. The summed E-state index contributed by atoms with van der Waals surface area (Å²) in [6.45, 7) is 11.1. The predicted octanol–water partition coefficient (Wildman–Crippen LogP) is 7.81. The normalized spacial score (nSPS) is 13.3. The second-order valence-corrected chi connectivity index (χ2v) is 21.5. The fourth-order valence-electron chi connectivity index (χ4n) is 3.53. The summed E-state index contributed by atoms with van der Waals surface area (Å²) in [7, 11) is 2.44. The number of thiazole rings is 1. The molecule has 5 heteroatoms. The molecule has 0 bridgehead atoms. The van der Waals surface area contributed by atoms with Crippen LogP contribution in [0.3, 0.4) is 0 Å². The average Bonchev–Trinajstić information content (AvgIpc) is 3.10. The molecule has 0 saturated carbocycles. The van der Waals surface area contributed by atoms with Crippen LogP contribution in [0.25, 0.3) is 6.08 Å². The van der Waals surface area contributed by atoms with E-state index in [4.69, 9.17) is 4.52 Å². The van der Waals surface area contributed by atoms with Gasteiger partial charge in [-0.3, -0.25) is 0 Å². The Morgan fingerprint density at radius 1 is 1.18 bits per heavy atom. The third kappa shape index (κ3) is 9.75. The quantitative estimate of drug-likeness (QED) is 0.148. The number of nitrogens with zero attached hydrogens (tertiary/aromatic N) is 1. The average molecular weight is 528 g/mol. The molecule has 2 nitrogen and oxygen atoms in total. The van der Waals surface area contributed by atoms with E-state index in [9.17, 15) is 0 Å². The van der Waals surface area contributed by atoms with Crippen LogP contribution in [0.2, 0.25) is 13.3 Å². The number of hydrogen-bond acceptors (Lipinski definition) is 3. The van der Waals surface area contributed by atoms with Gasteiger partial charge < -0.3 is 0 Å². The number of aromatic nitrogens is 1. The van der Waals surface area contributed by atoms with Crippen molar-refractivity contribution in [1.29, 1.82) is 0 Å². The maximum atomic E-state index is 5.69. The van der Waals surface area contributed by atoms with Gasteiger partial charge in [0.2, 0.25) is 0 Å². The molecule has 0 N–H and O–H groups in total. The van der Waals surface area contributed by atoms with Crippen LogP contribution in [0.4, 0.5) is 0 Å². The first kappa shape index (κ1) is 26.2. The van der Waals surface area contributed by atoms with E-state index in [1.165, 1.54) is 57.4 Å². The molecule has 1 aromatic rings. The Balaban J connectivity index is 2.92. The number of hydrogen-bond donors (Lipinski definition) is 0. The van der Waals surface area contributed by atoms with E-state index in [0.29, 0.717) is 0 Å². The van der Waals surface area contributed by atoms with Gasteiger partial charge in [0.15, 0.2) is 0 Å². The molecule has 0 aliphatic rings. The van der Waals surface area contributed by atoms with E-state index in [1.807, 2.05) is 6.92 Å². The SMILES string of the molecule is CCC[CH2][Sn]([C]#CCC(OP)/C(C)=C/c1csc(C)n1)([CH2]CCC)[CH2]CCC. The number of rotatable bonds is 13. The maximum absolute atomic E-state index is 5.69. The second kappa shape index (κ2) is 15.0. The van der Waals surface area contributed by atoms with Gasteiger partial charge >= 0.3 is 185 Å². The Hall–Kier alpha value is 0.119. The fraction of sp³-hybridized carbons (Fsp3) is 0.696. The summed E-state index contributed by atoms with van der Waals surface area (Å²) in [6, 6.07) is 0. The summed E-state index contributed by atoms with van der Waals surface area (Å²) < 4.78 is 14.0. The van der Waals surface area contributed by atoms with Crippen molar-refractivity contribution in [3.05, 3.63) is 21.7 Å². The van der Waals surface area contributed by atoms with Crippen molar-refractivity contribution in [2.45, 2.75) is 99.0 Å². The zero-order valence-corrected chi connectivity index (χ0v) is 23.5. The monoisotopic (exact) mass is 529 g/mol. The fourth-order valence-corrected chi connectivity index (χ4v) is 17.8. The molecular formula is C23H40NOPSSn. The second-order valence-electron chi connectivity index (χ2n) is 7.90. The van der Waals surface area contributed by atoms with Crippen molar-refractivity contribution in [1.82, 2.24) is 4.98 Å². The first-order valence-corrected chi connectivity index (χ1v) is 19.8. The molecule has 2 atom stereocenters. The van der Waals surface area contributed by atoms with Crippen LogP contribution in [0.1, 0.15) is 83.3 Å². The van der Waals surface area contributed by atoms with E-state index < -0.39 is 18.4 Å². The van der Waals surface area contributed by atoms with Gasteiger partial charge in [-0.2, -0.15) is 0 Å². The Morgan fingerprint density at radius 3 is 2.18 bits per heavy atom. The van der Waals surface area contributed by atoms with Crippen molar-refractivity contribution in [2.24, 2.45) is 0 Å². The minimum absolute atomic E-state index is 0.0343. The van der Waals surface area contributed by atoms with E-state index in [1.54, 1.807) is 11.3 Å². The molecule has 158 valence electrons.